The van der Waals surface area contributed by atoms with Crippen molar-refractivity contribution in [3.8, 4) is 0 Å². The number of hydrogen-bond acceptors (Lipinski definition) is 5. The molecule has 0 saturated carbocycles. The highest BCUT2D eigenvalue weighted by molar-refractivity contribution is 5.43. The molecule has 5 nitrogen and oxygen atoms in total. The van der Waals surface area contributed by atoms with Crippen molar-refractivity contribution in [3.63, 3.8) is 0 Å². The van der Waals surface area contributed by atoms with Gasteiger partial charge in [-0.05, 0) is 39.4 Å². The fourth-order valence-electron chi connectivity index (χ4n) is 2.31. The summed E-state index contributed by atoms with van der Waals surface area (Å²) in [6.45, 7) is 15.1. The molecule has 1 heterocycles. The van der Waals surface area contributed by atoms with Gasteiger partial charge in [0.05, 0.1) is 12.4 Å². The second-order valence-electron chi connectivity index (χ2n) is 5.15. The Bertz CT molecular complexity index is 379. The zero-order chi connectivity index (χ0) is 15.5. The molecular weight excluding hydrogens is 262 g/mol. The van der Waals surface area contributed by atoms with Gasteiger partial charge in [-0.15, -0.1) is 0 Å². The molecule has 0 aliphatic carbocycles. The lowest BCUT2D eigenvalue weighted by Gasteiger charge is -2.24. The summed E-state index contributed by atoms with van der Waals surface area (Å²) in [5, 5.41) is 3.30. The monoisotopic (exact) mass is 293 g/mol. The van der Waals surface area contributed by atoms with E-state index in [-0.39, 0.29) is 0 Å². The van der Waals surface area contributed by atoms with Crippen LogP contribution in [0.5, 0.6) is 0 Å². The Morgan fingerprint density at radius 3 is 2.38 bits per heavy atom. The Kier molecular flexibility index (Phi) is 8.74. The summed E-state index contributed by atoms with van der Waals surface area (Å²) in [7, 11) is 0. The van der Waals surface area contributed by atoms with Gasteiger partial charge in [-0.3, -0.25) is 4.98 Å². The lowest BCUT2D eigenvalue weighted by atomic mass is 10.3. The van der Waals surface area contributed by atoms with Crippen molar-refractivity contribution in [2.75, 3.05) is 49.5 Å². The van der Waals surface area contributed by atoms with E-state index in [0.29, 0.717) is 0 Å². The van der Waals surface area contributed by atoms with Crippen molar-refractivity contribution in [1.29, 1.82) is 0 Å². The Morgan fingerprint density at radius 2 is 1.76 bits per heavy atom. The summed E-state index contributed by atoms with van der Waals surface area (Å²) in [6.07, 6.45) is 5.90. The van der Waals surface area contributed by atoms with E-state index in [0.717, 1.165) is 63.7 Å². The lowest BCUT2D eigenvalue weighted by Crippen LogP contribution is -2.30. The Labute approximate surface area is 129 Å². The summed E-state index contributed by atoms with van der Waals surface area (Å²) in [5.41, 5.74) is 0. The zero-order valence-corrected chi connectivity index (χ0v) is 14.1. The van der Waals surface area contributed by atoms with Gasteiger partial charge in [0.1, 0.15) is 11.6 Å². The van der Waals surface area contributed by atoms with E-state index in [9.17, 15) is 0 Å². The Morgan fingerprint density at radius 1 is 1.00 bits per heavy atom. The molecule has 1 rings (SSSR count). The van der Waals surface area contributed by atoms with Crippen LogP contribution in [0.25, 0.3) is 0 Å². The van der Waals surface area contributed by atoms with Crippen LogP contribution in [-0.2, 0) is 0 Å². The minimum atomic E-state index is 0.872. The van der Waals surface area contributed by atoms with Crippen molar-refractivity contribution >= 4 is 11.6 Å². The highest BCUT2D eigenvalue weighted by Gasteiger charge is 2.08. The van der Waals surface area contributed by atoms with Crippen LogP contribution >= 0.6 is 0 Å². The van der Waals surface area contributed by atoms with Gasteiger partial charge in [0.15, 0.2) is 0 Å². The minimum Gasteiger partial charge on any atom is -0.369 e. The predicted molar refractivity (Wildman–Crippen MR) is 91.1 cm³/mol. The average Bonchev–Trinajstić information content (AvgIpc) is 2.53. The Hall–Kier alpha value is -1.36. The van der Waals surface area contributed by atoms with Gasteiger partial charge in [-0.2, -0.15) is 0 Å². The molecule has 0 unspecified atom stereocenters. The van der Waals surface area contributed by atoms with Crippen LogP contribution in [0.15, 0.2) is 12.4 Å². The SMILES string of the molecule is CCCNc1cncc(N(CC)CCCN(CC)CC)n1. The van der Waals surface area contributed by atoms with Crippen LogP contribution in [0, 0.1) is 0 Å². The highest BCUT2D eigenvalue weighted by atomic mass is 15.2. The number of anilines is 2. The van der Waals surface area contributed by atoms with E-state index in [1.165, 1.54) is 0 Å². The number of aromatic nitrogens is 2. The molecule has 1 aromatic rings. The maximum absolute atomic E-state index is 4.66. The van der Waals surface area contributed by atoms with Crippen molar-refractivity contribution in [3.05, 3.63) is 12.4 Å². The molecule has 0 spiro atoms. The zero-order valence-electron chi connectivity index (χ0n) is 14.1. The molecule has 0 radical (unpaired) electrons. The first kappa shape index (κ1) is 17.7. The van der Waals surface area contributed by atoms with Crippen LogP contribution < -0.4 is 10.2 Å². The molecule has 1 aromatic heterocycles. The molecule has 0 atom stereocenters. The fourth-order valence-corrected chi connectivity index (χ4v) is 2.31. The van der Waals surface area contributed by atoms with Gasteiger partial charge in [0.2, 0.25) is 0 Å². The molecule has 0 fully saturated rings. The molecule has 0 bridgehead atoms. The first-order valence-corrected chi connectivity index (χ1v) is 8.28. The molecule has 0 aromatic carbocycles. The lowest BCUT2D eigenvalue weighted by molar-refractivity contribution is 0.300. The summed E-state index contributed by atoms with van der Waals surface area (Å²) < 4.78 is 0. The van der Waals surface area contributed by atoms with E-state index in [2.05, 4.69) is 52.8 Å². The minimum absolute atomic E-state index is 0.872. The second kappa shape index (κ2) is 10.4. The molecule has 21 heavy (non-hydrogen) atoms. The van der Waals surface area contributed by atoms with E-state index in [1.54, 1.807) is 6.20 Å². The molecular formula is C16H31N5. The summed E-state index contributed by atoms with van der Waals surface area (Å²) in [4.78, 5) is 13.7. The standard InChI is InChI=1S/C16H31N5/c1-5-10-18-15-13-17-14-16(19-15)21(8-4)12-9-11-20(6-2)7-3/h13-14H,5-12H2,1-4H3,(H,18,19). The van der Waals surface area contributed by atoms with Crippen molar-refractivity contribution < 1.29 is 0 Å². The van der Waals surface area contributed by atoms with E-state index in [4.69, 9.17) is 0 Å². The van der Waals surface area contributed by atoms with Crippen molar-refractivity contribution in [1.82, 2.24) is 14.9 Å². The third kappa shape index (κ3) is 6.29. The second-order valence-corrected chi connectivity index (χ2v) is 5.15. The van der Waals surface area contributed by atoms with Gasteiger partial charge in [0, 0.05) is 19.6 Å². The van der Waals surface area contributed by atoms with Gasteiger partial charge < -0.3 is 15.1 Å². The topological polar surface area (TPSA) is 44.3 Å². The number of nitrogens with one attached hydrogen (secondary N) is 1. The summed E-state index contributed by atoms with van der Waals surface area (Å²) >= 11 is 0. The van der Waals surface area contributed by atoms with Crippen LogP contribution in [0.3, 0.4) is 0 Å². The first-order chi connectivity index (χ1) is 10.2. The molecule has 5 heteroatoms. The molecule has 0 aliphatic heterocycles. The maximum Gasteiger partial charge on any atom is 0.149 e. The normalized spacial score (nSPS) is 10.9. The summed E-state index contributed by atoms with van der Waals surface area (Å²) in [6, 6.07) is 0. The largest absolute Gasteiger partial charge is 0.369 e. The molecule has 1 N–H and O–H groups in total. The smallest absolute Gasteiger partial charge is 0.149 e. The van der Waals surface area contributed by atoms with Crippen molar-refractivity contribution in [2.45, 2.75) is 40.5 Å². The highest BCUT2D eigenvalue weighted by Crippen LogP contribution is 2.12. The number of rotatable bonds is 11. The maximum atomic E-state index is 4.66. The number of nitrogens with zero attached hydrogens (tertiary/aromatic N) is 4. The molecule has 0 saturated heterocycles. The van der Waals surface area contributed by atoms with Gasteiger partial charge >= 0.3 is 0 Å². The van der Waals surface area contributed by atoms with Crippen LogP contribution in [0.4, 0.5) is 11.6 Å². The van der Waals surface area contributed by atoms with Gasteiger partial charge in [-0.25, -0.2) is 4.98 Å². The predicted octanol–water partition coefficient (Wildman–Crippen LogP) is 2.86. The third-order valence-electron chi connectivity index (χ3n) is 3.68. The van der Waals surface area contributed by atoms with Crippen LogP contribution in [0.2, 0.25) is 0 Å². The van der Waals surface area contributed by atoms with Crippen molar-refractivity contribution in [2.24, 2.45) is 0 Å². The van der Waals surface area contributed by atoms with Crippen LogP contribution in [0.1, 0.15) is 40.5 Å². The third-order valence-corrected chi connectivity index (χ3v) is 3.68. The van der Waals surface area contributed by atoms with Gasteiger partial charge in [0.25, 0.3) is 0 Å². The first-order valence-electron chi connectivity index (χ1n) is 8.28. The molecule has 0 aliphatic rings. The van der Waals surface area contributed by atoms with Gasteiger partial charge in [-0.1, -0.05) is 20.8 Å². The summed E-state index contributed by atoms with van der Waals surface area (Å²) in [5.74, 6) is 1.84. The van der Waals surface area contributed by atoms with Crippen LogP contribution in [-0.4, -0.2) is 54.1 Å². The quantitative estimate of drug-likeness (QED) is 0.679. The van der Waals surface area contributed by atoms with E-state index >= 15 is 0 Å². The van der Waals surface area contributed by atoms with E-state index < -0.39 is 0 Å². The Balaban J connectivity index is 2.54. The van der Waals surface area contributed by atoms with E-state index in [1.807, 2.05) is 6.20 Å². The fraction of sp³-hybridized carbons (Fsp3) is 0.750. The number of hydrogen-bond donors (Lipinski definition) is 1. The average molecular weight is 293 g/mol. The molecule has 120 valence electrons. The molecule has 0 amide bonds.